The van der Waals surface area contributed by atoms with Crippen LogP contribution in [0.4, 0.5) is 5.82 Å². The summed E-state index contributed by atoms with van der Waals surface area (Å²) in [5.74, 6) is 0.115. The van der Waals surface area contributed by atoms with Gasteiger partial charge in [0, 0.05) is 36.1 Å². The second-order valence-corrected chi connectivity index (χ2v) is 10.7. The van der Waals surface area contributed by atoms with Gasteiger partial charge in [-0.15, -0.1) is 11.3 Å². The van der Waals surface area contributed by atoms with Crippen molar-refractivity contribution in [3.8, 4) is 10.4 Å². The van der Waals surface area contributed by atoms with E-state index in [0.717, 1.165) is 15.1 Å². The fraction of sp³-hybridized carbons (Fsp3) is 0.300. The topological polar surface area (TPSA) is 105 Å². The number of amides is 1. The van der Waals surface area contributed by atoms with Crippen LogP contribution in [-0.4, -0.2) is 43.2 Å². The number of thiophene rings is 1. The highest BCUT2D eigenvalue weighted by Crippen LogP contribution is 2.38. The lowest BCUT2D eigenvalue weighted by atomic mass is 10.1. The number of rotatable bonds is 4. The SMILES string of the molecule is CNC(=O)c1cnc(N)c2cc(-c3ccc(S(=O)(=O)N(C)C(C)(C)C)cc3)sc12. The molecule has 0 unspecified atom stereocenters. The molecule has 1 amide bonds. The minimum Gasteiger partial charge on any atom is -0.383 e. The van der Waals surface area contributed by atoms with Crippen molar-refractivity contribution in [2.45, 2.75) is 31.2 Å². The molecular formula is C20H24N4O3S2. The Morgan fingerprint density at radius 3 is 2.38 bits per heavy atom. The van der Waals surface area contributed by atoms with Gasteiger partial charge in [-0.3, -0.25) is 4.79 Å². The summed E-state index contributed by atoms with van der Waals surface area (Å²) in [6, 6.07) is 8.59. The summed E-state index contributed by atoms with van der Waals surface area (Å²) in [4.78, 5) is 17.3. The van der Waals surface area contributed by atoms with Crippen LogP contribution in [0.2, 0.25) is 0 Å². The van der Waals surface area contributed by atoms with Crippen LogP contribution in [0.25, 0.3) is 20.5 Å². The van der Waals surface area contributed by atoms with Crippen molar-refractivity contribution >= 4 is 43.2 Å². The minimum absolute atomic E-state index is 0.229. The fourth-order valence-corrected chi connectivity index (χ4v) is 5.49. The Hall–Kier alpha value is -2.49. The molecule has 1 aromatic carbocycles. The van der Waals surface area contributed by atoms with Crippen LogP contribution in [0, 0.1) is 0 Å². The molecule has 0 radical (unpaired) electrons. The first-order valence-corrected chi connectivity index (χ1v) is 11.2. The van der Waals surface area contributed by atoms with E-state index in [1.165, 1.54) is 21.8 Å². The van der Waals surface area contributed by atoms with Crippen molar-refractivity contribution in [3.05, 3.63) is 42.1 Å². The molecule has 9 heteroatoms. The van der Waals surface area contributed by atoms with E-state index in [1.807, 2.05) is 26.8 Å². The molecule has 0 bridgehead atoms. The maximum Gasteiger partial charge on any atom is 0.254 e. The summed E-state index contributed by atoms with van der Waals surface area (Å²) < 4.78 is 27.8. The molecule has 2 aromatic heterocycles. The molecule has 0 aliphatic carbocycles. The minimum atomic E-state index is -3.59. The Morgan fingerprint density at radius 2 is 1.83 bits per heavy atom. The van der Waals surface area contributed by atoms with Crippen LogP contribution in [0.1, 0.15) is 31.1 Å². The molecule has 3 rings (SSSR count). The van der Waals surface area contributed by atoms with Crippen LogP contribution in [0.5, 0.6) is 0 Å². The first-order chi connectivity index (χ1) is 13.5. The van der Waals surface area contributed by atoms with E-state index in [4.69, 9.17) is 5.73 Å². The fourth-order valence-electron chi connectivity index (χ4n) is 2.79. The van der Waals surface area contributed by atoms with Crippen molar-refractivity contribution in [1.29, 1.82) is 0 Å². The highest BCUT2D eigenvalue weighted by atomic mass is 32.2. The molecule has 0 aliphatic heterocycles. The molecule has 0 saturated heterocycles. The third-order valence-electron chi connectivity index (χ3n) is 4.80. The molecule has 7 nitrogen and oxygen atoms in total. The smallest absolute Gasteiger partial charge is 0.254 e. The molecule has 0 aliphatic rings. The molecular weight excluding hydrogens is 408 g/mol. The summed E-state index contributed by atoms with van der Waals surface area (Å²) in [5.41, 5.74) is 6.76. The number of pyridine rings is 1. The van der Waals surface area contributed by atoms with E-state index in [-0.39, 0.29) is 10.8 Å². The predicted molar refractivity (Wildman–Crippen MR) is 118 cm³/mol. The van der Waals surface area contributed by atoms with Crippen molar-refractivity contribution in [2.75, 3.05) is 19.8 Å². The van der Waals surface area contributed by atoms with Crippen molar-refractivity contribution < 1.29 is 13.2 Å². The molecule has 0 atom stereocenters. The molecule has 0 spiro atoms. The second-order valence-electron chi connectivity index (χ2n) is 7.66. The van der Waals surface area contributed by atoms with Gasteiger partial charge in [-0.1, -0.05) is 12.1 Å². The van der Waals surface area contributed by atoms with Crippen LogP contribution in [0.15, 0.2) is 41.4 Å². The quantitative estimate of drug-likeness (QED) is 0.658. The number of anilines is 1. The van der Waals surface area contributed by atoms with Gasteiger partial charge < -0.3 is 11.1 Å². The Balaban J connectivity index is 2.04. The Labute approximate surface area is 174 Å². The van der Waals surface area contributed by atoms with Gasteiger partial charge in [0.25, 0.3) is 5.91 Å². The van der Waals surface area contributed by atoms with E-state index in [9.17, 15) is 13.2 Å². The summed E-state index contributed by atoms with van der Waals surface area (Å²) in [7, 11) is -0.457. The van der Waals surface area contributed by atoms with E-state index in [0.29, 0.717) is 16.8 Å². The van der Waals surface area contributed by atoms with Crippen LogP contribution in [0.3, 0.4) is 0 Å². The van der Waals surface area contributed by atoms with Crippen LogP contribution >= 0.6 is 11.3 Å². The standard InChI is InChI=1S/C20H24N4O3S2/c1-20(2,3)24(5)29(26,27)13-8-6-12(7-9-13)16-10-14-17(28-16)15(19(25)22-4)11-23-18(14)21/h6-11H,1-5H3,(H2,21,23)(H,22,25). The number of nitrogen functional groups attached to an aromatic ring is 1. The number of carbonyl (C=O) groups is 1. The second kappa shape index (κ2) is 7.40. The third kappa shape index (κ3) is 3.85. The number of benzene rings is 1. The lowest BCUT2D eigenvalue weighted by molar-refractivity contribution is 0.0964. The number of sulfonamides is 1. The molecule has 0 fully saturated rings. The number of nitrogens with one attached hydrogen (secondary N) is 1. The maximum absolute atomic E-state index is 12.8. The van der Waals surface area contributed by atoms with E-state index >= 15 is 0 Å². The number of carbonyl (C=O) groups excluding carboxylic acids is 1. The summed E-state index contributed by atoms with van der Waals surface area (Å²) in [5, 5.41) is 3.31. The van der Waals surface area contributed by atoms with Crippen LogP contribution < -0.4 is 11.1 Å². The number of nitrogens with zero attached hydrogens (tertiary/aromatic N) is 2. The number of fused-ring (bicyclic) bond motifs is 1. The zero-order valence-electron chi connectivity index (χ0n) is 17.0. The van der Waals surface area contributed by atoms with E-state index < -0.39 is 15.6 Å². The Kier molecular flexibility index (Phi) is 5.42. The van der Waals surface area contributed by atoms with Crippen molar-refractivity contribution in [1.82, 2.24) is 14.6 Å². The summed E-state index contributed by atoms with van der Waals surface area (Å²) in [6.45, 7) is 5.54. The lowest BCUT2D eigenvalue weighted by Gasteiger charge is -2.30. The maximum atomic E-state index is 12.8. The van der Waals surface area contributed by atoms with Gasteiger partial charge in [-0.05, 0) is 44.5 Å². The number of aromatic nitrogens is 1. The first kappa shape index (κ1) is 21.2. The first-order valence-electron chi connectivity index (χ1n) is 8.96. The third-order valence-corrected chi connectivity index (χ3v) is 8.15. The van der Waals surface area contributed by atoms with Gasteiger partial charge >= 0.3 is 0 Å². The summed E-state index contributed by atoms with van der Waals surface area (Å²) in [6.07, 6.45) is 1.47. The zero-order chi connectivity index (χ0) is 21.6. The largest absolute Gasteiger partial charge is 0.383 e. The number of hydrogen-bond acceptors (Lipinski definition) is 6. The Bertz CT molecular complexity index is 1180. The predicted octanol–water partition coefficient (Wildman–Crippen LogP) is 3.32. The highest BCUT2D eigenvalue weighted by molar-refractivity contribution is 7.89. The monoisotopic (exact) mass is 432 g/mol. The highest BCUT2D eigenvalue weighted by Gasteiger charge is 2.30. The average molecular weight is 433 g/mol. The number of nitrogens with two attached hydrogens (primary N) is 1. The number of hydrogen-bond donors (Lipinski definition) is 2. The summed E-state index contributed by atoms with van der Waals surface area (Å²) >= 11 is 1.42. The molecule has 29 heavy (non-hydrogen) atoms. The van der Waals surface area contributed by atoms with Crippen molar-refractivity contribution in [3.63, 3.8) is 0 Å². The average Bonchev–Trinajstić information content (AvgIpc) is 3.12. The molecule has 2 heterocycles. The van der Waals surface area contributed by atoms with Gasteiger partial charge in [0.05, 0.1) is 15.2 Å². The molecule has 154 valence electrons. The van der Waals surface area contributed by atoms with Gasteiger partial charge in [0.1, 0.15) is 5.82 Å². The normalized spacial score (nSPS) is 12.5. The van der Waals surface area contributed by atoms with E-state index in [2.05, 4.69) is 10.3 Å². The van der Waals surface area contributed by atoms with Gasteiger partial charge in [-0.2, -0.15) is 4.31 Å². The Morgan fingerprint density at radius 1 is 1.21 bits per heavy atom. The van der Waals surface area contributed by atoms with Gasteiger partial charge in [0.2, 0.25) is 10.0 Å². The molecule has 3 aromatic rings. The van der Waals surface area contributed by atoms with E-state index in [1.54, 1.807) is 38.4 Å². The zero-order valence-corrected chi connectivity index (χ0v) is 18.6. The van der Waals surface area contributed by atoms with Crippen LogP contribution in [-0.2, 0) is 10.0 Å². The van der Waals surface area contributed by atoms with Gasteiger partial charge in [-0.25, -0.2) is 13.4 Å². The molecule has 3 N–H and O–H groups in total. The lowest BCUT2D eigenvalue weighted by Crippen LogP contribution is -2.42. The van der Waals surface area contributed by atoms with Gasteiger partial charge in [0.15, 0.2) is 0 Å². The van der Waals surface area contributed by atoms with Crippen molar-refractivity contribution in [2.24, 2.45) is 0 Å². The molecule has 0 saturated carbocycles.